The molecule has 3 atom stereocenters. The third-order valence-electron chi connectivity index (χ3n) is 4.45. The highest BCUT2D eigenvalue weighted by Crippen LogP contribution is 2.36. The van der Waals surface area contributed by atoms with Crippen molar-refractivity contribution in [1.82, 2.24) is 4.90 Å². The number of amides is 1. The van der Waals surface area contributed by atoms with E-state index in [1.807, 2.05) is 13.8 Å². The van der Waals surface area contributed by atoms with Crippen LogP contribution >= 0.6 is 0 Å². The van der Waals surface area contributed by atoms with Crippen LogP contribution in [-0.2, 0) is 14.3 Å². The summed E-state index contributed by atoms with van der Waals surface area (Å²) < 4.78 is 5.51. The average Bonchev–Trinajstić information content (AvgIpc) is 2.96. The molecule has 2 heterocycles. The SMILES string of the molecule is CCCC1(C(=O)O)CCCN1C(=O)C1OCCC1C. The molecule has 19 heavy (non-hydrogen) atoms. The quantitative estimate of drug-likeness (QED) is 0.843. The minimum Gasteiger partial charge on any atom is -0.479 e. The number of carboxylic acid groups (broad SMARTS) is 1. The molecular weight excluding hydrogens is 246 g/mol. The Kier molecular flexibility index (Phi) is 4.13. The van der Waals surface area contributed by atoms with Crippen LogP contribution in [0.2, 0.25) is 0 Å². The first kappa shape index (κ1) is 14.3. The molecule has 108 valence electrons. The Bertz CT molecular complexity index is 370. The van der Waals surface area contributed by atoms with Gasteiger partial charge < -0.3 is 14.7 Å². The second-order valence-corrected chi connectivity index (χ2v) is 5.74. The third kappa shape index (κ3) is 2.36. The number of rotatable bonds is 4. The third-order valence-corrected chi connectivity index (χ3v) is 4.45. The summed E-state index contributed by atoms with van der Waals surface area (Å²) in [6.45, 7) is 5.09. The second kappa shape index (κ2) is 5.49. The van der Waals surface area contributed by atoms with Gasteiger partial charge in [0.25, 0.3) is 5.91 Å². The summed E-state index contributed by atoms with van der Waals surface area (Å²) in [5.41, 5.74) is -1.00. The molecule has 0 aliphatic carbocycles. The van der Waals surface area contributed by atoms with E-state index in [9.17, 15) is 14.7 Å². The maximum atomic E-state index is 12.6. The summed E-state index contributed by atoms with van der Waals surface area (Å²) in [6, 6.07) is 0. The predicted molar refractivity (Wildman–Crippen MR) is 69.7 cm³/mol. The molecule has 0 saturated carbocycles. The molecule has 2 saturated heterocycles. The van der Waals surface area contributed by atoms with E-state index in [1.54, 1.807) is 4.90 Å². The van der Waals surface area contributed by atoms with Crippen LogP contribution in [0.4, 0.5) is 0 Å². The maximum Gasteiger partial charge on any atom is 0.329 e. The van der Waals surface area contributed by atoms with Gasteiger partial charge >= 0.3 is 5.97 Å². The van der Waals surface area contributed by atoms with Crippen molar-refractivity contribution < 1.29 is 19.4 Å². The minimum atomic E-state index is -1.00. The number of hydrogen-bond acceptors (Lipinski definition) is 3. The predicted octanol–water partition coefficient (Wildman–Crippen LogP) is 1.66. The summed E-state index contributed by atoms with van der Waals surface area (Å²) in [4.78, 5) is 25.9. The van der Waals surface area contributed by atoms with E-state index >= 15 is 0 Å². The van der Waals surface area contributed by atoms with E-state index in [0.29, 0.717) is 26.0 Å². The summed E-state index contributed by atoms with van der Waals surface area (Å²) in [5, 5.41) is 9.59. The minimum absolute atomic E-state index is 0.127. The molecule has 0 aromatic heterocycles. The van der Waals surface area contributed by atoms with Crippen LogP contribution in [0.5, 0.6) is 0 Å². The fraction of sp³-hybridized carbons (Fsp3) is 0.857. The van der Waals surface area contributed by atoms with Gasteiger partial charge in [-0.3, -0.25) is 4.79 Å². The lowest BCUT2D eigenvalue weighted by Gasteiger charge is -2.36. The molecule has 2 fully saturated rings. The number of hydrogen-bond donors (Lipinski definition) is 1. The zero-order valence-corrected chi connectivity index (χ0v) is 11.7. The molecule has 5 heteroatoms. The number of ether oxygens (including phenoxy) is 1. The molecule has 0 aromatic rings. The van der Waals surface area contributed by atoms with E-state index in [2.05, 4.69) is 0 Å². The van der Waals surface area contributed by atoms with Crippen molar-refractivity contribution in [2.24, 2.45) is 5.92 Å². The molecule has 0 aromatic carbocycles. The number of likely N-dealkylation sites (tertiary alicyclic amines) is 1. The van der Waals surface area contributed by atoms with Gasteiger partial charge in [-0.15, -0.1) is 0 Å². The average molecular weight is 269 g/mol. The van der Waals surface area contributed by atoms with E-state index in [0.717, 1.165) is 19.3 Å². The van der Waals surface area contributed by atoms with Gasteiger partial charge in [0.15, 0.2) is 0 Å². The van der Waals surface area contributed by atoms with Crippen molar-refractivity contribution in [3.05, 3.63) is 0 Å². The van der Waals surface area contributed by atoms with Gasteiger partial charge in [-0.05, 0) is 31.6 Å². The standard InChI is InChI=1S/C14H23NO4/c1-3-6-14(13(17)18)7-4-8-15(14)12(16)11-10(2)5-9-19-11/h10-11H,3-9H2,1-2H3,(H,17,18). The van der Waals surface area contributed by atoms with Crippen LogP contribution in [0.3, 0.4) is 0 Å². The molecule has 2 aliphatic rings. The van der Waals surface area contributed by atoms with Gasteiger partial charge in [0.05, 0.1) is 0 Å². The van der Waals surface area contributed by atoms with Crippen molar-refractivity contribution in [3.8, 4) is 0 Å². The van der Waals surface area contributed by atoms with Crippen LogP contribution < -0.4 is 0 Å². The molecule has 2 rings (SSSR count). The molecule has 1 N–H and O–H groups in total. The van der Waals surface area contributed by atoms with Gasteiger partial charge in [0, 0.05) is 13.2 Å². The molecule has 5 nitrogen and oxygen atoms in total. The highest BCUT2D eigenvalue weighted by atomic mass is 16.5. The van der Waals surface area contributed by atoms with Crippen molar-refractivity contribution in [2.75, 3.05) is 13.2 Å². The number of carboxylic acids is 1. The lowest BCUT2D eigenvalue weighted by molar-refractivity contribution is -0.161. The zero-order valence-electron chi connectivity index (χ0n) is 11.7. The highest BCUT2D eigenvalue weighted by Gasteiger charge is 2.51. The topological polar surface area (TPSA) is 66.8 Å². The van der Waals surface area contributed by atoms with Crippen molar-refractivity contribution in [3.63, 3.8) is 0 Å². The van der Waals surface area contributed by atoms with E-state index < -0.39 is 17.6 Å². The molecule has 0 spiro atoms. The molecule has 2 aliphatic heterocycles. The first-order chi connectivity index (χ1) is 9.03. The van der Waals surface area contributed by atoms with Crippen LogP contribution in [0.25, 0.3) is 0 Å². The van der Waals surface area contributed by atoms with Crippen LogP contribution in [-0.4, -0.2) is 46.7 Å². The normalized spacial score (nSPS) is 34.7. The van der Waals surface area contributed by atoms with E-state index in [4.69, 9.17) is 4.74 Å². The van der Waals surface area contributed by atoms with Gasteiger partial charge in [0.2, 0.25) is 0 Å². The Morgan fingerprint density at radius 1 is 1.47 bits per heavy atom. The smallest absolute Gasteiger partial charge is 0.329 e. The maximum absolute atomic E-state index is 12.6. The molecular formula is C14H23NO4. The van der Waals surface area contributed by atoms with Crippen LogP contribution in [0, 0.1) is 5.92 Å². The van der Waals surface area contributed by atoms with Crippen molar-refractivity contribution in [1.29, 1.82) is 0 Å². The molecule has 0 bridgehead atoms. The first-order valence-corrected chi connectivity index (χ1v) is 7.19. The van der Waals surface area contributed by atoms with Crippen LogP contribution in [0.15, 0.2) is 0 Å². The van der Waals surface area contributed by atoms with Gasteiger partial charge in [-0.1, -0.05) is 20.3 Å². The number of aliphatic carboxylic acids is 1. The van der Waals surface area contributed by atoms with Gasteiger partial charge in [0.1, 0.15) is 11.6 Å². The Hall–Kier alpha value is -1.10. The monoisotopic (exact) mass is 269 g/mol. The Labute approximate surface area is 113 Å². The fourth-order valence-electron chi connectivity index (χ4n) is 3.37. The van der Waals surface area contributed by atoms with Gasteiger partial charge in [-0.2, -0.15) is 0 Å². The first-order valence-electron chi connectivity index (χ1n) is 7.19. The van der Waals surface area contributed by atoms with E-state index in [-0.39, 0.29) is 11.8 Å². The zero-order chi connectivity index (χ0) is 14.0. The highest BCUT2D eigenvalue weighted by molar-refractivity contribution is 5.90. The Morgan fingerprint density at radius 3 is 2.74 bits per heavy atom. The lowest BCUT2D eigenvalue weighted by Crippen LogP contribution is -2.56. The van der Waals surface area contributed by atoms with Crippen LogP contribution in [0.1, 0.15) is 46.0 Å². The largest absolute Gasteiger partial charge is 0.479 e. The Balaban J connectivity index is 2.21. The summed E-state index contributed by atoms with van der Waals surface area (Å²) >= 11 is 0. The molecule has 1 amide bonds. The number of carbonyl (C=O) groups is 2. The summed E-state index contributed by atoms with van der Waals surface area (Å²) in [7, 11) is 0. The molecule has 3 unspecified atom stereocenters. The lowest BCUT2D eigenvalue weighted by atomic mass is 9.89. The Morgan fingerprint density at radius 2 is 2.21 bits per heavy atom. The summed E-state index contributed by atoms with van der Waals surface area (Å²) in [6.07, 6.45) is 3.03. The van der Waals surface area contributed by atoms with Gasteiger partial charge in [-0.25, -0.2) is 4.79 Å². The fourth-order valence-corrected chi connectivity index (χ4v) is 3.37. The summed E-state index contributed by atoms with van der Waals surface area (Å²) in [5.74, 6) is -0.814. The van der Waals surface area contributed by atoms with E-state index in [1.165, 1.54) is 0 Å². The molecule has 0 radical (unpaired) electrons. The number of nitrogens with zero attached hydrogens (tertiary/aromatic N) is 1. The van der Waals surface area contributed by atoms with Crippen molar-refractivity contribution in [2.45, 2.75) is 57.6 Å². The second-order valence-electron chi connectivity index (χ2n) is 5.74. The van der Waals surface area contributed by atoms with Crippen molar-refractivity contribution >= 4 is 11.9 Å². The number of carbonyl (C=O) groups excluding carboxylic acids is 1.